The molecular formula is C9H9BrClNO2S. The largest absolute Gasteiger partial charge is 0.480 e. The van der Waals surface area contributed by atoms with Gasteiger partial charge in [-0.05, 0) is 35.8 Å². The quantitative estimate of drug-likeness (QED) is 0.869. The summed E-state index contributed by atoms with van der Waals surface area (Å²) in [4.78, 5) is 15.0. The van der Waals surface area contributed by atoms with Crippen LogP contribution in [0.3, 0.4) is 0 Å². The lowest BCUT2D eigenvalue weighted by atomic mass is 10.2. The average Bonchev–Trinajstić information content (AvgIpc) is 2.09. The Labute approximate surface area is 105 Å². The number of nitrogens with zero attached hydrogens (tertiary/aromatic N) is 1. The molecule has 0 aromatic carbocycles. The van der Waals surface area contributed by atoms with E-state index in [4.69, 9.17) is 16.7 Å². The Kier molecular flexibility index (Phi) is 4.03. The third-order valence-electron chi connectivity index (χ3n) is 1.64. The summed E-state index contributed by atoms with van der Waals surface area (Å²) in [7, 11) is 0. The van der Waals surface area contributed by atoms with E-state index in [2.05, 4.69) is 20.9 Å². The van der Waals surface area contributed by atoms with Gasteiger partial charge in [0.15, 0.2) is 0 Å². The molecule has 1 rings (SSSR count). The molecule has 1 aromatic rings. The third-order valence-corrected chi connectivity index (χ3v) is 3.92. The minimum atomic E-state index is -0.913. The first-order valence-corrected chi connectivity index (χ1v) is 6.05. The molecule has 0 unspecified atom stereocenters. The number of aliphatic carboxylic acids is 1. The molecule has 0 amide bonds. The number of thioether (sulfide) groups is 1. The number of halogens is 2. The zero-order chi connectivity index (χ0) is 11.6. The third kappa shape index (κ3) is 3.36. The summed E-state index contributed by atoms with van der Waals surface area (Å²) in [6, 6.07) is 1.69. The fraction of sp³-hybridized carbons (Fsp3) is 0.333. The second-order valence-electron chi connectivity index (χ2n) is 3.36. The first-order valence-electron chi connectivity index (χ1n) is 4.06. The van der Waals surface area contributed by atoms with E-state index in [-0.39, 0.29) is 0 Å². The minimum absolute atomic E-state index is 0.513. The predicted molar refractivity (Wildman–Crippen MR) is 64.5 cm³/mol. The Morgan fingerprint density at radius 1 is 1.67 bits per heavy atom. The summed E-state index contributed by atoms with van der Waals surface area (Å²) in [6.45, 7) is 3.26. The number of pyridine rings is 1. The van der Waals surface area contributed by atoms with Crippen molar-refractivity contribution in [2.45, 2.75) is 23.6 Å². The van der Waals surface area contributed by atoms with Crippen LogP contribution in [0.5, 0.6) is 0 Å². The van der Waals surface area contributed by atoms with Crippen LogP contribution in [-0.4, -0.2) is 20.8 Å². The molecular weight excluding hydrogens is 302 g/mol. The molecule has 0 aliphatic carbocycles. The number of aromatic nitrogens is 1. The Balaban J connectivity index is 2.95. The van der Waals surface area contributed by atoms with E-state index >= 15 is 0 Å². The van der Waals surface area contributed by atoms with Crippen molar-refractivity contribution in [2.24, 2.45) is 0 Å². The number of rotatable bonds is 3. The van der Waals surface area contributed by atoms with Crippen molar-refractivity contribution < 1.29 is 9.90 Å². The molecule has 0 saturated carbocycles. The van der Waals surface area contributed by atoms with Crippen LogP contribution >= 0.6 is 39.3 Å². The lowest BCUT2D eigenvalue weighted by Crippen LogP contribution is -2.27. The molecule has 0 spiro atoms. The molecule has 0 saturated heterocycles. The van der Waals surface area contributed by atoms with Crippen molar-refractivity contribution >= 4 is 45.3 Å². The van der Waals surface area contributed by atoms with Gasteiger partial charge >= 0.3 is 5.97 Å². The summed E-state index contributed by atoms with van der Waals surface area (Å²) >= 11 is 10.2. The number of carbonyl (C=O) groups is 1. The van der Waals surface area contributed by atoms with Gasteiger partial charge in [0, 0.05) is 6.20 Å². The maximum atomic E-state index is 10.9. The zero-order valence-corrected chi connectivity index (χ0v) is 11.3. The van der Waals surface area contributed by atoms with Crippen LogP contribution in [0.25, 0.3) is 0 Å². The normalized spacial score (nSPS) is 11.5. The van der Waals surface area contributed by atoms with E-state index in [0.29, 0.717) is 14.5 Å². The second kappa shape index (κ2) is 4.72. The molecule has 1 aromatic heterocycles. The summed E-state index contributed by atoms with van der Waals surface area (Å²) in [6.07, 6.45) is 1.49. The van der Waals surface area contributed by atoms with Gasteiger partial charge in [0.1, 0.15) is 9.77 Å². The molecule has 6 heteroatoms. The molecule has 0 aliphatic rings. The van der Waals surface area contributed by atoms with Crippen molar-refractivity contribution in [3.05, 3.63) is 21.8 Å². The highest BCUT2D eigenvalue weighted by molar-refractivity contribution is 9.10. The lowest BCUT2D eigenvalue weighted by molar-refractivity contribution is -0.138. The topological polar surface area (TPSA) is 50.2 Å². The van der Waals surface area contributed by atoms with E-state index in [9.17, 15) is 4.79 Å². The molecule has 3 nitrogen and oxygen atoms in total. The van der Waals surface area contributed by atoms with Crippen LogP contribution in [0.4, 0.5) is 0 Å². The second-order valence-corrected chi connectivity index (χ2v) is 6.26. The van der Waals surface area contributed by atoms with Crippen LogP contribution < -0.4 is 0 Å². The SMILES string of the molecule is CC(C)(Sc1ncc(Cl)cc1Br)C(=O)O. The molecule has 0 bridgehead atoms. The van der Waals surface area contributed by atoms with E-state index in [0.717, 1.165) is 0 Å². The molecule has 0 radical (unpaired) electrons. The van der Waals surface area contributed by atoms with E-state index in [1.807, 2.05) is 0 Å². The molecule has 1 heterocycles. The van der Waals surface area contributed by atoms with E-state index in [1.54, 1.807) is 19.9 Å². The fourth-order valence-corrected chi connectivity index (χ4v) is 2.48. The van der Waals surface area contributed by atoms with Crippen molar-refractivity contribution in [3.63, 3.8) is 0 Å². The summed E-state index contributed by atoms with van der Waals surface area (Å²) in [5.74, 6) is -0.879. The van der Waals surface area contributed by atoms with Crippen LogP contribution in [0.2, 0.25) is 5.02 Å². The monoisotopic (exact) mass is 309 g/mol. The Morgan fingerprint density at radius 3 is 2.73 bits per heavy atom. The van der Waals surface area contributed by atoms with Gasteiger partial charge in [-0.2, -0.15) is 0 Å². The van der Waals surface area contributed by atoms with Crippen molar-refractivity contribution in [3.8, 4) is 0 Å². The van der Waals surface area contributed by atoms with Gasteiger partial charge in [0.05, 0.1) is 9.50 Å². The van der Waals surface area contributed by atoms with Gasteiger partial charge in [-0.1, -0.05) is 23.4 Å². The van der Waals surface area contributed by atoms with Crippen LogP contribution in [0.1, 0.15) is 13.8 Å². The molecule has 0 aliphatic heterocycles. The van der Waals surface area contributed by atoms with Crippen LogP contribution in [0.15, 0.2) is 21.8 Å². The molecule has 1 N–H and O–H groups in total. The van der Waals surface area contributed by atoms with Gasteiger partial charge in [-0.3, -0.25) is 4.79 Å². The minimum Gasteiger partial charge on any atom is -0.480 e. The highest BCUT2D eigenvalue weighted by Crippen LogP contribution is 2.36. The first kappa shape index (κ1) is 12.8. The molecule has 0 atom stereocenters. The standard InChI is InChI=1S/C9H9BrClNO2S/c1-9(2,8(13)14)15-7-6(10)3-5(11)4-12-7/h3-4H,1-2H3,(H,13,14). The summed E-state index contributed by atoms with van der Waals surface area (Å²) in [5.41, 5.74) is 0. The fourth-order valence-electron chi connectivity index (χ4n) is 0.762. The lowest BCUT2D eigenvalue weighted by Gasteiger charge is -2.18. The molecule has 82 valence electrons. The predicted octanol–water partition coefficient (Wildman–Crippen LogP) is 3.45. The van der Waals surface area contributed by atoms with Crippen LogP contribution in [-0.2, 0) is 4.79 Å². The van der Waals surface area contributed by atoms with Gasteiger partial charge < -0.3 is 5.11 Å². The molecule has 15 heavy (non-hydrogen) atoms. The van der Waals surface area contributed by atoms with Crippen molar-refractivity contribution in [1.82, 2.24) is 4.98 Å². The number of carboxylic acid groups (broad SMARTS) is 1. The number of hydrogen-bond donors (Lipinski definition) is 1. The average molecular weight is 311 g/mol. The summed E-state index contributed by atoms with van der Waals surface area (Å²) < 4.78 is -0.210. The maximum absolute atomic E-state index is 10.9. The number of hydrogen-bond acceptors (Lipinski definition) is 3. The number of carboxylic acids is 1. The van der Waals surface area contributed by atoms with Gasteiger partial charge in [-0.25, -0.2) is 4.98 Å². The maximum Gasteiger partial charge on any atom is 0.319 e. The highest BCUT2D eigenvalue weighted by atomic mass is 79.9. The zero-order valence-electron chi connectivity index (χ0n) is 8.12. The van der Waals surface area contributed by atoms with Crippen LogP contribution in [0, 0.1) is 0 Å². The Bertz CT molecular complexity index is 398. The van der Waals surface area contributed by atoms with Gasteiger partial charge in [0.25, 0.3) is 0 Å². The highest BCUT2D eigenvalue weighted by Gasteiger charge is 2.29. The van der Waals surface area contributed by atoms with Crippen molar-refractivity contribution in [2.75, 3.05) is 0 Å². The first-order chi connectivity index (χ1) is 6.83. The Hall–Kier alpha value is -0.260. The Morgan fingerprint density at radius 2 is 2.27 bits per heavy atom. The van der Waals surface area contributed by atoms with E-state index in [1.165, 1.54) is 18.0 Å². The smallest absolute Gasteiger partial charge is 0.319 e. The summed E-state index contributed by atoms with van der Waals surface area (Å²) in [5, 5.41) is 10.1. The van der Waals surface area contributed by atoms with Gasteiger partial charge in [-0.15, -0.1) is 0 Å². The van der Waals surface area contributed by atoms with Crippen molar-refractivity contribution in [1.29, 1.82) is 0 Å². The molecule has 0 fully saturated rings. The van der Waals surface area contributed by atoms with E-state index < -0.39 is 10.7 Å². The van der Waals surface area contributed by atoms with Gasteiger partial charge in [0.2, 0.25) is 0 Å².